The summed E-state index contributed by atoms with van der Waals surface area (Å²) in [7, 11) is 0. The molecule has 0 fully saturated rings. The van der Waals surface area contributed by atoms with E-state index in [2.05, 4.69) is 212 Å². The van der Waals surface area contributed by atoms with Crippen molar-refractivity contribution >= 4 is 60.5 Å². The van der Waals surface area contributed by atoms with Crippen LogP contribution in [0.5, 0.6) is 0 Å². The van der Waals surface area contributed by atoms with Gasteiger partial charge in [0.2, 0.25) is 0 Å². The number of hydrogen-bond acceptors (Lipinski definition) is 2. The smallest absolute Gasteiger partial charge is 0.136 e. The third kappa shape index (κ3) is 5.20. The molecule has 2 aliphatic rings. The van der Waals surface area contributed by atoms with E-state index in [0.717, 1.165) is 51.1 Å². The Labute approximate surface area is 338 Å². The Kier molecular flexibility index (Phi) is 7.81. The highest BCUT2D eigenvalue weighted by atomic mass is 16.3. The maximum atomic E-state index is 6.76. The van der Waals surface area contributed by atoms with Crippen LogP contribution in [0.3, 0.4) is 0 Å². The average Bonchev–Trinajstić information content (AvgIpc) is 3.90. The van der Waals surface area contributed by atoms with Gasteiger partial charge in [-0.05, 0) is 94.1 Å². The average molecular weight is 747 g/mol. The second kappa shape index (κ2) is 13.2. The molecule has 0 radical (unpaired) electrons. The number of rotatable bonds is 7. The number of benzene rings is 7. The zero-order chi connectivity index (χ0) is 39.0. The van der Waals surface area contributed by atoms with Crippen molar-refractivity contribution in [1.29, 1.82) is 0 Å². The van der Waals surface area contributed by atoms with Crippen molar-refractivity contribution in [2.24, 2.45) is 0 Å². The molecule has 3 heteroatoms. The first-order valence-electron chi connectivity index (χ1n) is 20.2. The van der Waals surface area contributed by atoms with Gasteiger partial charge < -0.3 is 13.9 Å². The van der Waals surface area contributed by atoms with E-state index in [-0.39, 0.29) is 11.5 Å². The van der Waals surface area contributed by atoms with Crippen LogP contribution in [0.4, 0.5) is 11.4 Å². The number of furan rings is 1. The summed E-state index contributed by atoms with van der Waals surface area (Å²) in [4.78, 5) is 2.51. The number of fused-ring (bicyclic) bond motifs is 8. The van der Waals surface area contributed by atoms with Crippen LogP contribution in [-0.4, -0.2) is 4.57 Å². The Hall–Kier alpha value is -7.10. The molecular formula is C55H42N2O. The fraction of sp³-hybridized carbons (Fsp3) is 0.0909. The van der Waals surface area contributed by atoms with Gasteiger partial charge in [0.1, 0.15) is 11.3 Å². The standard InChI is InChI=1S/C55H42N2O/c1-4-17-45(53-34-38-32-36-18-5-6-19-37(36)33-52(38)58-53)44-25-10-14-30-50(44)57(51-31-16-26-46-41-22-7-11-27-47(41)55(2,3)54(46)51)40-21-15-20-39(35-40)56-48-28-12-8-23-42(48)43-24-9-13-29-49(43)56/h4-19,21-35,39H,1,20H2,2-3H3/b45-17-. The van der Waals surface area contributed by atoms with Crippen LogP contribution in [0, 0.1) is 0 Å². The number of para-hydroxylation sites is 3. The van der Waals surface area contributed by atoms with E-state index < -0.39 is 0 Å². The molecular weight excluding hydrogens is 705 g/mol. The molecule has 0 amide bonds. The SMILES string of the molecule is C=C/C=C(\c1cc2cc3ccccc3cc2o1)c1ccccc1N(C1=CC(n2c3ccccc3c3ccccc32)CC=C1)c1cccc2c1C(C)(C)c1ccccc1-2. The van der Waals surface area contributed by atoms with Crippen molar-refractivity contribution in [3.05, 3.63) is 223 Å². The molecule has 0 saturated heterocycles. The number of allylic oxidation sites excluding steroid dienone is 5. The minimum Gasteiger partial charge on any atom is -0.456 e. The lowest BCUT2D eigenvalue weighted by Crippen LogP contribution is -2.25. The first-order chi connectivity index (χ1) is 28.5. The van der Waals surface area contributed by atoms with Crippen LogP contribution in [0.15, 0.2) is 205 Å². The summed E-state index contributed by atoms with van der Waals surface area (Å²) in [6.45, 7) is 8.94. The molecule has 0 aliphatic heterocycles. The Morgan fingerprint density at radius 3 is 2.14 bits per heavy atom. The van der Waals surface area contributed by atoms with Crippen molar-refractivity contribution in [3.8, 4) is 11.1 Å². The molecule has 2 aromatic heterocycles. The first kappa shape index (κ1) is 34.2. The zero-order valence-corrected chi connectivity index (χ0v) is 32.7. The molecule has 278 valence electrons. The number of anilines is 2. The molecule has 0 N–H and O–H groups in total. The van der Waals surface area contributed by atoms with E-state index in [9.17, 15) is 0 Å². The molecule has 2 aliphatic carbocycles. The highest BCUT2D eigenvalue weighted by Gasteiger charge is 2.39. The summed E-state index contributed by atoms with van der Waals surface area (Å²) in [6, 6.07) is 57.3. The van der Waals surface area contributed by atoms with Gasteiger partial charge in [-0.25, -0.2) is 0 Å². The van der Waals surface area contributed by atoms with Gasteiger partial charge in [-0.1, -0.05) is 154 Å². The normalized spacial score (nSPS) is 15.9. The van der Waals surface area contributed by atoms with E-state index in [1.54, 1.807) is 0 Å². The number of nitrogens with zero attached hydrogens (tertiary/aromatic N) is 2. The van der Waals surface area contributed by atoms with Crippen LogP contribution in [-0.2, 0) is 5.41 Å². The largest absolute Gasteiger partial charge is 0.456 e. The molecule has 7 aromatic carbocycles. The van der Waals surface area contributed by atoms with Gasteiger partial charge >= 0.3 is 0 Å². The fourth-order valence-electron chi connectivity index (χ4n) is 9.88. The second-order valence-electron chi connectivity index (χ2n) is 16.1. The lowest BCUT2D eigenvalue weighted by Gasteiger charge is -2.35. The first-order valence-corrected chi connectivity index (χ1v) is 20.2. The predicted octanol–water partition coefficient (Wildman–Crippen LogP) is 14.8. The summed E-state index contributed by atoms with van der Waals surface area (Å²) < 4.78 is 9.30. The zero-order valence-electron chi connectivity index (χ0n) is 32.7. The third-order valence-corrected chi connectivity index (χ3v) is 12.4. The van der Waals surface area contributed by atoms with E-state index in [4.69, 9.17) is 4.42 Å². The Morgan fingerprint density at radius 1 is 0.690 bits per heavy atom. The molecule has 0 spiro atoms. The molecule has 0 bridgehead atoms. The highest BCUT2D eigenvalue weighted by Crippen LogP contribution is 2.54. The van der Waals surface area contributed by atoms with Crippen molar-refractivity contribution in [1.82, 2.24) is 4.57 Å². The fourth-order valence-corrected chi connectivity index (χ4v) is 9.88. The molecule has 2 heterocycles. The van der Waals surface area contributed by atoms with E-state index >= 15 is 0 Å². The van der Waals surface area contributed by atoms with Crippen LogP contribution >= 0.6 is 0 Å². The minimum atomic E-state index is -0.235. The van der Waals surface area contributed by atoms with Crippen LogP contribution in [0.25, 0.3) is 60.2 Å². The van der Waals surface area contributed by atoms with Gasteiger partial charge in [0.15, 0.2) is 0 Å². The van der Waals surface area contributed by atoms with E-state index in [1.807, 2.05) is 6.08 Å². The Bertz CT molecular complexity index is 3110. The predicted molar refractivity (Wildman–Crippen MR) is 244 cm³/mol. The molecule has 3 nitrogen and oxygen atoms in total. The molecule has 58 heavy (non-hydrogen) atoms. The summed E-state index contributed by atoms with van der Waals surface area (Å²) in [5.74, 6) is 0.806. The van der Waals surface area contributed by atoms with Crippen molar-refractivity contribution in [2.75, 3.05) is 4.90 Å². The van der Waals surface area contributed by atoms with Crippen molar-refractivity contribution in [3.63, 3.8) is 0 Å². The minimum absolute atomic E-state index is 0.0918. The molecule has 9 aromatic rings. The lowest BCUT2D eigenvalue weighted by molar-refractivity contribution is 0.601. The Balaban J connectivity index is 1.15. The summed E-state index contributed by atoms with van der Waals surface area (Å²) in [5, 5.41) is 5.99. The lowest BCUT2D eigenvalue weighted by atomic mass is 9.81. The molecule has 0 saturated carbocycles. The maximum Gasteiger partial charge on any atom is 0.136 e. The van der Waals surface area contributed by atoms with Gasteiger partial charge in [-0.2, -0.15) is 0 Å². The van der Waals surface area contributed by atoms with Crippen molar-refractivity contribution in [2.45, 2.75) is 31.7 Å². The summed E-state index contributed by atoms with van der Waals surface area (Å²) >= 11 is 0. The maximum absolute atomic E-state index is 6.76. The highest BCUT2D eigenvalue weighted by molar-refractivity contribution is 6.08. The molecule has 1 atom stereocenters. The quantitative estimate of drug-likeness (QED) is 0.151. The van der Waals surface area contributed by atoms with Gasteiger partial charge in [0.25, 0.3) is 0 Å². The van der Waals surface area contributed by atoms with Gasteiger partial charge in [0.05, 0.1) is 17.4 Å². The topological polar surface area (TPSA) is 21.3 Å². The van der Waals surface area contributed by atoms with Crippen molar-refractivity contribution < 1.29 is 4.42 Å². The second-order valence-corrected chi connectivity index (χ2v) is 16.1. The summed E-state index contributed by atoms with van der Waals surface area (Å²) in [6.07, 6.45) is 12.0. The van der Waals surface area contributed by atoms with Gasteiger partial charge in [-0.15, -0.1) is 0 Å². The van der Waals surface area contributed by atoms with Crippen LogP contribution < -0.4 is 4.90 Å². The number of aromatic nitrogens is 1. The monoisotopic (exact) mass is 746 g/mol. The Morgan fingerprint density at radius 2 is 1.34 bits per heavy atom. The van der Waals surface area contributed by atoms with Crippen LogP contribution in [0.1, 0.15) is 48.8 Å². The van der Waals surface area contributed by atoms with Crippen LogP contribution in [0.2, 0.25) is 0 Å². The molecule has 11 rings (SSSR count). The van der Waals surface area contributed by atoms with E-state index in [1.165, 1.54) is 55.1 Å². The molecule has 1 unspecified atom stereocenters. The summed E-state index contributed by atoms with van der Waals surface area (Å²) in [5.41, 5.74) is 13.8. The van der Waals surface area contributed by atoms with E-state index in [0.29, 0.717) is 0 Å². The van der Waals surface area contributed by atoms with Gasteiger partial charge in [-0.3, -0.25) is 0 Å². The third-order valence-electron chi connectivity index (χ3n) is 12.4. The number of hydrogen-bond donors (Lipinski definition) is 0. The van der Waals surface area contributed by atoms with Gasteiger partial charge in [0, 0.05) is 49.4 Å².